The maximum absolute atomic E-state index is 12.3. The Morgan fingerprint density at radius 2 is 1.95 bits per heavy atom. The highest BCUT2D eigenvalue weighted by molar-refractivity contribution is 5.80. The molecule has 0 spiro atoms. The second-order valence-electron chi connectivity index (χ2n) is 6.00. The highest BCUT2D eigenvalue weighted by atomic mass is 16.2. The van der Waals surface area contributed by atoms with Gasteiger partial charge in [0.15, 0.2) is 0 Å². The van der Waals surface area contributed by atoms with Crippen molar-refractivity contribution in [3.8, 4) is 0 Å². The van der Waals surface area contributed by atoms with Crippen molar-refractivity contribution in [2.45, 2.75) is 38.5 Å². The van der Waals surface area contributed by atoms with Crippen LogP contribution in [0.3, 0.4) is 0 Å². The second kappa shape index (κ2) is 5.90. The van der Waals surface area contributed by atoms with E-state index in [2.05, 4.69) is 5.32 Å². The molecule has 2 amide bonds. The van der Waals surface area contributed by atoms with E-state index in [1.54, 1.807) is 7.05 Å². The van der Waals surface area contributed by atoms with Gasteiger partial charge in [0.05, 0.1) is 0 Å². The third-order valence-electron chi connectivity index (χ3n) is 4.84. The van der Waals surface area contributed by atoms with Crippen molar-refractivity contribution < 1.29 is 9.59 Å². The first-order valence-corrected chi connectivity index (χ1v) is 7.30. The molecule has 0 unspecified atom stereocenters. The molecule has 2 fully saturated rings. The Morgan fingerprint density at radius 3 is 2.37 bits per heavy atom. The van der Waals surface area contributed by atoms with Crippen LogP contribution >= 0.6 is 0 Å². The highest BCUT2D eigenvalue weighted by Crippen LogP contribution is 2.43. The summed E-state index contributed by atoms with van der Waals surface area (Å²) in [6, 6.07) is 0. The first-order valence-electron chi connectivity index (χ1n) is 7.30. The quantitative estimate of drug-likeness (QED) is 0.778. The van der Waals surface area contributed by atoms with E-state index in [0.29, 0.717) is 26.1 Å². The van der Waals surface area contributed by atoms with Crippen molar-refractivity contribution in [3.05, 3.63) is 0 Å². The first-order chi connectivity index (χ1) is 9.10. The fraction of sp³-hybridized carbons (Fsp3) is 0.857. The standard InChI is InChI=1S/C14H25N3O2/c1-16-13(19)11-3-7-17(8-4-11)12(18)9-14(10-15)5-2-6-14/h11H,2-10,15H2,1H3,(H,16,19). The third kappa shape index (κ3) is 3.08. The fourth-order valence-corrected chi connectivity index (χ4v) is 3.16. The van der Waals surface area contributed by atoms with Crippen molar-refractivity contribution in [1.82, 2.24) is 10.2 Å². The molecule has 1 aliphatic carbocycles. The summed E-state index contributed by atoms with van der Waals surface area (Å²) in [5.74, 6) is 0.395. The van der Waals surface area contributed by atoms with Crippen LogP contribution in [-0.2, 0) is 9.59 Å². The van der Waals surface area contributed by atoms with Gasteiger partial charge in [0.1, 0.15) is 0 Å². The van der Waals surface area contributed by atoms with Gasteiger partial charge in [-0.25, -0.2) is 0 Å². The molecule has 0 aromatic carbocycles. The van der Waals surface area contributed by atoms with Gasteiger partial charge in [0, 0.05) is 32.5 Å². The van der Waals surface area contributed by atoms with Crippen LogP contribution in [0.1, 0.15) is 38.5 Å². The Labute approximate surface area is 114 Å². The molecular weight excluding hydrogens is 242 g/mol. The summed E-state index contributed by atoms with van der Waals surface area (Å²) in [6.45, 7) is 2.03. The van der Waals surface area contributed by atoms with Crippen molar-refractivity contribution in [1.29, 1.82) is 0 Å². The first kappa shape index (κ1) is 14.3. The van der Waals surface area contributed by atoms with Crippen LogP contribution in [0.4, 0.5) is 0 Å². The molecule has 3 N–H and O–H groups in total. The van der Waals surface area contributed by atoms with E-state index in [4.69, 9.17) is 5.73 Å². The van der Waals surface area contributed by atoms with Gasteiger partial charge in [-0.15, -0.1) is 0 Å². The van der Waals surface area contributed by atoms with Crippen LogP contribution in [0.5, 0.6) is 0 Å². The molecule has 0 aromatic rings. The van der Waals surface area contributed by atoms with Gasteiger partial charge in [0.2, 0.25) is 11.8 Å². The maximum atomic E-state index is 12.3. The number of amides is 2. The summed E-state index contributed by atoms with van der Waals surface area (Å²) in [5, 5.41) is 2.69. The topological polar surface area (TPSA) is 75.4 Å². The molecule has 2 aliphatic rings. The molecule has 1 heterocycles. The lowest BCUT2D eigenvalue weighted by molar-refractivity contribution is -0.138. The molecule has 0 aromatic heterocycles. The molecule has 5 nitrogen and oxygen atoms in total. The monoisotopic (exact) mass is 267 g/mol. The summed E-state index contributed by atoms with van der Waals surface area (Å²) in [7, 11) is 1.67. The van der Waals surface area contributed by atoms with Gasteiger partial charge in [-0.3, -0.25) is 9.59 Å². The minimum Gasteiger partial charge on any atom is -0.359 e. The van der Waals surface area contributed by atoms with E-state index < -0.39 is 0 Å². The van der Waals surface area contributed by atoms with Gasteiger partial charge in [0.25, 0.3) is 0 Å². The van der Waals surface area contributed by atoms with E-state index in [1.807, 2.05) is 4.90 Å². The van der Waals surface area contributed by atoms with E-state index in [0.717, 1.165) is 25.7 Å². The molecule has 0 atom stereocenters. The van der Waals surface area contributed by atoms with Crippen LogP contribution in [0.25, 0.3) is 0 Å². The molecule has 2 rings (SSSR count). The van der Waals surface area contributed by atoms with Crippen molar-refractivity contribution in [2.75, 3.05) is 26.7 Å². The molecular formula is C14H25N3O2. The van der Waals surface area contributed by atoms with Crippen molar-refractivity contribution in [2.24, 2.45) is 17.1 Å². The molecule has 5 heteroatoms. The lowest BCUT2D eigenvalue weighted by atomic mass is 9.66. The number of nitrogens with zero attached hydrogens (tertiary/aromatic N) is 1. The fourth-order valence-electron chi connectivity index (χ4n) is 3.16. The predicted octanol–water partition coefficient (Wildman–Crippen LogP) is 0.490. The van der Waals surface area contributed by atoms with E-state index in [-0.39, 0.29) is 23.1 Å². The van der Waals surface area contributed by atoms with E-state index in [1.165, 1.54) is 6.42 Å². The zero-order valence-electron chi connectivity index (χ0n) is 11.8. The zero-order chi connectivity index (χ0) is 13.9. The Balaban J connectivity index is 1.81. The van der Waals surface area contributed by atoms with E-state index >= 15 is 0 Å². The van der Waals surface area contributed by atoms with Crippen LogP contribution in [0.15, 0.2) is 0 Å². The lowest BCUT2D eigenvalue weighted by Gasteiger charge is -2.42. The molecule has 19 heavy (non-hydrogen) atoms. The van der Waals surface area contributed by atoms with Gasteiger partial charge in [-0.2, -0.15) is 0 Å². The number of hydrogen-bond donors (Lipinski definition) is 2. The van der Waals surface area contributed by atoms with E-state index in [9.17, 15) is 9.59 Å². The predicted molar refractivity (Wildman–Crippen MR) is 73.3 cm³/mol. The Morgan fingerprint density at radius 1 is 1.32 bits per heavy atom. The smallest absolute Gasteiger partial charge is 0.223 e. The number of nitrogens with one attached hydrogen (secondary N) is 1. The maximum Gasteiger partial charge on any atom is 0.223 e. The highest BCUT2D eigenvalue weighted by Gasteiger charge is 2.39. The molecule has 0 bridgehead atoms. The van der Waals surface area contributed by atoms with Crippen LogP contribution in [0.2, 0.25) is 0 Å². The Kier molecular flexibility index (Phi) is 4.45. The van der Waals surface area contributed by atoms with Crippen molar-refractivity contribution >= 4 is 11.8 Å². The molecule has 1 saturated heterocycles. The zero-order valence-corrected chi connectivity index (χ0v) is 11.8. The van der Waals surface area contributed by atoms with Crippen LogP contribution < -0.4 is 11.1 Å². The van der Waals surface area contributed by atoms with Gasteiger partial charge < -0.3 is 16.0 Å². The second-order valence-corrected chi connectivity index (χ2v) is 6.00. The molecule has 1 aliphatic heterocycles. The summed E-state index contributed by atoms with van der Waals surface area (Å²) in [5.41, 5.74) is 5.88. The Bertz CT molecular complexity index is 339. The largest absolute Gasteiger partial charge is 0.359 e. The number of hydrogen-bond acceptors (Lipinski definition) is 3. The summed E-state index contributed by atoms with van der Waals surface area (Å²) >= 11 is 0. The summed E-state index contributed by atoms with van der Waals surface area (Å²) in [6.07, 6.45) is 5.52. The number of likely N-dealkylation sites (tertiary alicyclic amines) is 1. The number of carbonyl (C=O) groups is 2. The average Bonchev–Trinajstić information content (AvgIpc) is 2.42. The number of nitrogens with two attached hydrogens (primary N) is 1. The van der Waals surface area contributed by atoms with Crippen molar-refractivity contribution in [3.63, 3.8) is 0 Å². The number of piperidine rings is 1. The summed E-state index contributed by atoms with van der Waals surface area (Å²) < 4.78 is 0. The van der Waals surface area contributed by atoms with Crippen LogP contribution in [-0.4, -0.2) is 43.4 Å². The molecule has 1 saturated carbocycles. The minimum absolute atomic E-state index is 0.0706. The molecule has 108 valence electrons. The van der Waals surface area contributed by atoms with Gasteiger partial charge in [-0.05, 0) is 37.6 Å². The molecule has 0 radical (unpaired) electrons. The van der Waals surface area contributed by atoms with Crippen LogP contribution in [0, 0.1) is 11.3 Å². The SMILES string of the molecule is CNC(=O)C1CCN(C(=O)CC2(CN)CCC2)CC1. The Hall–Kier alpha value is -1.10. The summed E-state index contributed by atoms with van der Waals surface area (Å²) in [4.78, 5) is 25.7. The van der Waals surface area contributed by atoms with Gasteiger partial charge in [-0.1, -0.05) is 6.42 Å². The van der Waals surface area contributed by atoms with Gasteiger partial charge >= 0.3 is 0 Å². The number of rotatable bonds is 4. The average molecular weight is 267 g/mol. The lowest BCUT2D eigenvalue weighted by Crippen LogP contribution is -2.46. The third-order valence-corrected chi connectivity index (χ3v) is 4.84. The number of carbonyl (C=O) groups excluding carboxylic acids is 2. The minimum atomic E-state index is 0.0706. The normalized spacial score (nSPS) is 22.7.